The van der Waals surface area contributed by atoms with Crippen molar-refractivity contribution in [3.05, 3.63) is 27.9 Å². The average molecular weight is 283 g/mol. The number of carbonyl (C=O) groups is 1. The lowest BCUT2D eigenvalue weighted by atomic mass is 10.2. The zero-order chi connectivity index (χ0) is 15.3. The second-order valence-electron chi connectivity index (χ2n) is 4.41. The number of aromatic nitrogens is 1. The van der Waals surface area contributed by atoms with E-state index in [1.165, 1.54) is 7.11 Å². The summed E-state index contributed by atoms with van der Waals surface area (Å²) in [6.07, 6.45) is 1.12. The standard InChI is InChI=1S/C12H17N3O5/c1-8(2)14(4-5-20-3)11-10(15(18)19)6-9(7-13-11)12(16)17/h6-8H,4-5H2,1-3H3,(H,16,17). The fourth-order valence-electron chi connectivity index (χ4n) is 1.72. The maximum atomic E-state index is 11.1. The summed E-state index contributed by atoms with van der Waals surface area (Å²) in [4.78, 5) is 27.0. The van der Waals surface area contributed by atoms with Crippen LogP contribution in [0.1, 0.15) is 24.2 Å². The fourth-order valence-corrected chi connectivity index (χ4v) is 1.72. The number of methoxy groups -OCH3 is 1. The van der Waals surface area contributed by atoms with Crippen LogP contribution in [0.2, 0.25) is 0 Å². The Labute approximate surface area is 116 Å². The molecule has 0 aliphatic carbocycles. The minimum Gasteiger partial charge on any atom is -0.478 e. The number of carboxylic acid groups (broad SMARTS) is 1. The van der Waals surface area contributed by atoms with Crippen LogP contribution < -0.4 is 4.90 Å². The van der Waals surface area contributed by atoms with E-state index < -0.39 is 10.9 Å². The van der Waals surface area contributed by atoms with Gasteiger partial charge in [-0.1, -0.05) is 0 Å². The van der Waals surface area contributed by atoms with E-state index in [9.17, 15) is 14.9 Å². The van der Waals surface area contributed by atoms with Crippen molar-refractivity contribution in [2.75, 3.05) is 25.2 Å². The third kappa shape index (κ3) is 3.64. The molecular weight excluding hydrogens is 266 g/mol. The molecule has 1 heterocycles. The van der Waals surface area contributed by atoms with Crippen molar-refractivity contribution in [2.24, 2.45) is 0 Å². The van der Waals surface area contributed by atoms with Gasteiger partial charge in [0.05, 0.1) is 17.1 Å². The molecule has 0 aliphatic rings. The molecule has 0 aliphatic heterocycles. The summed E-state index contributed by atoms with van der Waals surface area (Å²) in [5.41, 5.74) is -0.536. The van der Waals surface area contributed by atoms with E-state index in [0.29, 0.717) is 13.2 Å². The van der Waals surface area contributed by atoms with Crippen LogP contribution in [0.4, 0.5) is 11.5 Å². The predicted molar refractivity (Wildman–Crippen MR) is 72.2 cm³/mol. The minimum atomic E-state index is -1.25. The van der Waals surface area contributed by atoms with Crippen molar-refractivity contribution in [3.63, 3.8) is 0 Å². The smallest absolute Gasteiger partial charge is 0.337 e. The van der Waals surface area contributed by atoms with Crippen LogP contribution in [0, 0.1) is 10.1 Å². The Bertz CT molecular complexity index is 504. The van der Waals surface area contributed by atoms with E-state index >= 15 is 0 Å². The highest BCUT2D eigenvalue weighted by Crippen LogP contribution is 2.27. The highest BCUT2D eigenvalue weighted by atomic mass is 16.6. The highest BCUT2D eigenvalue weighted by molar-refractivity contribution is 5.88. The average Bonchev–Trinajstić information content (AvgIpc) is 2.38. The molecule has 0 spiro atoms. The molecule has 0 bridgehead atoms. The fraction of sp³-hybridized carbons (Fsp3) is 0.500. The number of ether oxygens (including phenoxy) is 1. The maximum Gasteiger partial charge on any atom is 0.337 e. The lowest BCUT2D eigenvalue weighted by Gasteiger charge is -2.27. The Hall–Kier alpha value is -2.22. The number of hydrogen-bond donors (Lipinski definition) is 1. The summed E-state index contributed by atoms with van der Waals surface area (Å²) >= 11 is 0. The van der Waals surface area contributed by atoms with Crippen molar-refractivity contribution in [1.29, 1.82) is 0 Å². The van der Waals surface area contributed by atoms with Crippen LogP contribution in [0.5, 0.6) is 0 Å². The number of aromatic carboxylic acids is 1. The molecule has 1 N–H and O–H groups in total. The van der Waals surface area contributed by atoms with Gasteiger partial charge in [0.1, 0.15) is 0 Å². The number of rotatable bonds is 7. The quantitative estimate of drug-likeness (QED) is 0.597. The second kappa shape index (κ2) is 6.80. The van der Waals surface area contributed by atoms with Crippen LogP contribution in [0.3, 0.4) is 0 Å². The van der Waals surface area contributed by atoms with E-state index in [-0.39, 0.29) is 23.1 Å². The maximum absolute atomic E-state index is 11.1. The molecule has 0 radical (unpaired) electrons. The first-order valence-electron chi connectivity index (χ1n) is 6.01. The zero-order valence-corrected chi connectivity index (χ0v) is 11.6. The number of anilines is 1. The molecule has 0 saturated heterocycles. The highest BCUT2D eigenvalue weighted by Gasteiger charge is 2.25. The number of carboxylic acids is 1. The summed E-state index contributed by atoms with van der Waals surface area (Å²) in [6.45, 7) is 4.55. The summed E-state index contributed by atoms with van der Waals surface area (Å²) in [6, 6.07) is 0.986. The molecule has 1 aromatic heterocycles. The first-order valence-corrected chi connectivity index (χ1v) is 6.01. The molecule has 0 aromatic carbocycles. The largest absolute Gasteiger partial charge is 0.478 e. The van der Waals surface area contributed by atoms with Gasteiger partial charge in [-0.3, -0.25) is 10.1 Å². The van der Waals surface area contributed by atoms with Crippen molar-refractivity contribution in [3.8, 4) is 0 Å². The van der Waals surface area contributed by atoms with Crippen LogP contribution in [0.25, 0.3) is 0 Å². The molecule has 0 unspecified atom stereocenters. The third-order valence-electron chi connectivity index (χ3n) is 2.72. The molecular formula is C12H17N3O5. The molecule has 0 amide bonds. The van der Waals surface area contributed by atoms with Gasteiger partial charge in [0.2, 0.25) is 5.82 Å². The molecule has 0 saturated carbocycles. The third-order valence-corrected chi connectivity index (χ3v) is 2.72. The van der Waals surface area contributed by atoms with E-state index in [0.717, 1.165) is 12.3 Å². The topological polar surface area (TPSA) is 106 Å². The monoisotopic (exact) mass is 283 g/mol. The van der Waals surface area contributed by atoms with Crippen LogP contribution in [0.15, 0.2) is 12.3 Å². The van der Waals surface area contributed by atoms with Gasteiger partial charge in [0.15, 0.2) is 0 Å². The predicted octanol–water partition coefficient (Wildman–Crippen LogP) is 1.55. The van der Waals surface area contributed by atoms with Gasteiger partial charge in [0, 0.05) is 32.0 Å². The Morgan fingerprint density at radius 3 is 2.70 bits per heavy atom. The van der Waals surface area contributed by atoms with Gasteiger partial charge >= 0.3 is 11.7 Å². The number of pyridine rings is 1. The summed E-state index contributed by atoms with van der Waals surface area (Å²) in [7, 11) is 1.54. The molecule has 8 heteroatoms. The van der Waals surface area contributed by atoms with Gasteiger partial charge in [0.25, 0.3) is 0 Å². The summed E-state index contributed by atoms with van der Waals surface area (Å²) in [5.74, 6) is -1.10. The van der Waals surface area contributed by atoms with Gasteiger partial charge in [-0.15, -0.1) is 0 Å². The minimum absolute atomic E-state index is 0.0352. The molecule has 110 valence electrons. The zero-order valence-electron chi connectivity index (χ0n) is 11.6. The van der Waals surface area contributed by atoms with Crippen molar-refractivity contribution in [2.45, 2.75) is 19.9 Å². The number of nitro groups is 1. The normalized spacial score (nSPS) is 10.6. The molecule has 1 aromatic rings. The van der Waals surface area contributed by atoms with E-state index in [1.54, 1.807) is 4.90 Å². The van der Waals surface area contributed by atoms with Gasteiger partial charge in [-0.05, 0) is 13.8 Å². The van der Waals surface area contributed by atoms with Gasteiger partial charge < -0.3 is 14.7 Å². The van der Waals surface area contributed by atoms with Crippen molar-refractivity contribution >= 4 is 17.5 Å². The SMILES string of the molecule is COCCN(c1ncc(C(=O)O)cc1[N+](=O)[O-])C(C)C. The lowest BCUT2D eigenvalue weighted by Crippen LogP contribution is -2.35. The second-order valence-corrected chi connectivity index (χ2v) is 4.41. The Morgan fingerprint density at radius 1 is 1.60 bits per heavy atom. The van der Waals surface area contributed by atoms with Crippen LogP contribution in [-0.4, -0.2) is 47.3 Å². The van der Waals surface area contributed by atoms with E-state index in [1.807, 2.05) is 13.8 Å². The molecule has 0 fully saturated rings. The van der Waals surface area contributed by atoms with Crippen LogP contribution in [-0.2, 0) is 4.74 Å². The lowest BCUT2D eigenvalue weighted by molar-refractivity contribution is -0.384. The molecule has 20 heavy (non-hydrogen) atoms. The van der Waals surface area contributed by atoms with Crippen LogP contribution >= 0.6 is 0 Å². The van der Waals surface area contributed by atoms with Crippen molar-refractivity contribution in [1.82, 2.24) is 4.98 Å². The molecule has 8 nitrogen and oxygen atoms in total. The molecule has 1 rings (SSSR count). The van der Waals surface area contributed by atoms with E-state index in [2.05, 4.69) is 4.98 Å². The van der Waals surface area contributed by atoms with Gasteiger partial charge in [-0.25, -0.2) is 9.78 Å². The first kappa shape index (κ1) is 15.8. The number of nitrogens with zero attached hydrogens (tertiary/aromatic N) is 3. The molecule has 0 atom stereocenters. The first-order chi connectivity index (χ1) is 9.38. The van der Waals surface area contributed by atoms with Gasteiger partial charge in [-0.2, -0.15) is 0 Å². The van der Waals surface area contributed by atoms with Crippen molar-refractivity contribution < 1.29 is 19.6 Å². The Balaban J connectivity index is 3.26. The van der Waals surface area contributed by atoms with E-state index in [4.69, 9.17) is 9.84 Å². The summed E-state index contributed by atoms with van der Waals surface area (Å²) in [5, 5.41) is 20.0. The Morgan fingerprint density at radius 2 is 2.25 bits per heavy atom. The Kier molecular flexibility index (Phi) is 5.39. The number of hydrogen-bond acceptors (Lipinski definition) is 6. The summed E-state index contributed by atoms with van der Waals surface area (Å²) < 4.78 is 4.97.